The summed E-state index contributed by atoms with van der Waals surface area (Å²) in [5.41, 5.74) is 0.0536. The second kappa shape index (κ2) is 4.98. The summed E-state index contributed by atoms with van der Waals surface area (Å²) in [6.07, 6.45) is 6.12. The van der Waals surface area contributed by atoms with E-state index in [0.717, 1.165) is 12.8 Å². The molecule has 1 aliphatic carbocycles. The summed E-state index contributed by atoms with van der Waals surface area (Å²) in [5, 5.41) is 1.86. The van der Waals surface area contributed by atoms with E-state index in [4.69, 9.17) is 11.6 Å². The fourth-order valence-corrected chi connectivity index (χ4v) is 5.37. The molecule has 0 spiro atoms. The van der Waals surface area contributed by atoms with Crippen LogP contribution in [0.2, 0.25) is 5.15 Å². The number of imidazole rings is 1. The lowest BCUT2D eigenvalue weighted by atomic mass is 9.89. The monoisotopic (exact) mass is 333 g/mol. The Hall–Kier alpha value is -0.630. The van der Waals surface area contributed by atoms with E-state index in [1.54, 1.807) is 11.6 Å². The lowest BCUT2D eigenvalue weighted by Gasteiger charge is -2.23. The molecule has 0 saturated heterocycles. The van der Waals surface area contributed by atoms with Gasteiger partial charge in [-0.2, -0.15) is 0 Å². The topological polar surface area (TPSA) is 63.5 Å². The van der Waals surface area contributed by atoms with Crippen LogP contribution in [0, 0.1) is 5.41 Å². The SMILES string of the molecule is CC1(CNS(=O)(=O)c2c(Cl)nc3sccn23)CCCC1. The summed E-state index contributed by atoms with van der Waals surface area (Å²) in [7, 11) is -3.64. The predicted molar refractivity (Wildman–Crippen MR) is 79.8 cm³/mol. The van der Waals surface area contributed by atoms with E-state index < -0.39 is 10.0 Å². The van der Waals surface area contributed by atoms with Crippen LogP contribution < -0.4 is 4.72 Å². The number of thiazole rings is 1. The molecule has 1 aliphatic rings. The normalized spacial score (nSPS) is 18.9. The van der Waals surface area contributed by atoms with E-state index in [1.807, 2.05) is 0 Å². The van der Waals surface area contributed by atoms with Gasteiger partial charge in [0.1, 0.15) is 0 Å². The molecule has 2 heterocycles. The number of nitrogens with one attached hydrogen (secondary N) is 1. The average Bonchev–Trinajstić information content (AvgIpc) is 3.03. The molecule has 1 saturated carbocycles. The minimum Gasteiger partial charge on any atom is -0.279 e. The number of halogens is 1. The highest BCUT2D eigenvalue weighted by Gasteiger charge is 2.32. The molecule has 110 valence electrons. The number of sulfonamides is 1. The average molecular weight is 334 g/mol. The third-order valence-corrected chi connectivity index (χ3v) is 6.49. The molecule has 1 N–H and O–H groups in total. The molecule has 3 rings (SSSR count). The number of aromatic nitrogens is 2. The zero-order valence-electron chi connectivity index (χ0n) is 11.1. The van der Waals surface area contributed by atoms with E-state index in [9.17, 15) is 8.42 Å². The second-order valence-corrected chi connectivity index (χ2v) is 8.52. The number of nitrogens with zero attached hydrogens (tertiary/aromatic N) is 2. The molecule has 20 heavy (non-hydrogen) atoms. The zero-order chi connectivity index (χ0) is 14.4. The summed E-state index contributed by atoms with van der Waals surface area (Å²) in [5.74, 6) is 0. The highest BCUT2D eigenvalue weighted by molar-refractivity contribution is 7.89. The first-order valence-electron chi connectivity index (χ1n) is 6.52. The van der Waals surface area contributed by atoms with Gasteiger partial charge in [-0.05, 0) is 18.3 Å². The van der Waals surface area contributed by atoms with Crippen LogP contribution in [0.25, 0.3) is 4.96 Å². The number of hydrogen-bond acceptors (Lipinski definition) is 4. The van der Waals surface area contributed by atoms with Gasteiger partial charge >= 0.3 is 0 Å². The molecule has 5 nitrogen and oxygen atoms in total. The standard InChI is InChI=1S/C12H16ClN3O2S2/c1-12(4-2-3-5-12)8-14-20(17,18)10-9(13)15-11-16(10)6-7-19-11/h6-7,14H,2-5,8H2,1H3. The fraction of sp³-hybridized carbons (Fsp3) is 0.583. The minimum atomic E-state index is -3.64. The van der Waals surface area contributed by atoms with Gasteiger partial charge < -0.3 is 0 Å². The molecule has 2 aromatic heterocycles. The van der Waals surface area contributed by atoms with E-state index in [2.05, 4.69) is 16.6 Å². The van der Waals surface area contributed by atoms with Gasteiger partial charge in [-0.15, -0.1) is 11.3 Å². The van der Waals surface area contributed by atoms with Crippen molar-refractivity contribution in [3.63, 3.8) is 0 Å². The van der Waals surface area contributed by atoms with Crippen molar-refractivity contribution in [2.24, 2.45) is 5.41 Å². The van der Waals surface area contributed by atoms with Crippen LogP contribution in [-0.4, -0.2) is 24.3 Å². The van der Waals surface area contributed by atoms with Crippen molar-refractivity contribution in [2.75, 3.05) is 6.54 Å². The summed E-state index contributed by atoms with van der Waals surface area (Å²) in [4.78, 5) is 4.65. The van der Waals surface area contributed by atoms with Crippen molar-refractivity contribution in [3.8, 4) is 0 Å². The Morgan fingerprint density at radius 1 is 1.50 bits per heavy atom. The first kappa shape index (κ1) is 14.3. The van der Waals surface area contributed by atoms with Gasteiger partial charge in [0.2, 0.25) is 0 Å². The Kier molecular flexibility index (Phi) is 3.56. The molecule has 0 aliphatic heterocycles. The molecule has 0 radical (unpaired) electrons. The molecule has 8 heteroatoms. The van der Waals surface area contributed by atoms with E-state index in [-0.39, 0.29) is 15.6 Å². The van der Waals surface area contributed by atoms with Crippen LogP contribution in [0.1, 0.15) is 32.6 Å². The minimum absolute atomic E-state index is 0.0286. The van der Waals surface area contributed by atoms with Gasteiger partial charge in [0.25, 0.3) is 10.0 Å². The Balaban J connectivity index is 1.88. The van der Waals surface area contributed by atoms with E-state index >= 15 is 0 Å². The lowest BCUT2D eigenvalue weighted by Crippen LogP contribution is -2.34. The number of fused-ring (bicyclic) bond motifs is 1. The Morgan fingerprint density at radius 2 is 2.20 bits per heavy atom. The molecule has 0 amide bonds. The maximum atomic E-state index is 12.5. The van der Waals surface area contributed by atoms with Crippen LogP contribution >= 0.6 is 22.9 Å². The van der Waals surface area contributed by atoms with Crippen LogP contribution in [0.15, 0.2) is 16.6 Å². The van der Waals surface area contributed by atoms with Crippen LogP contribution in [-0.2, 0) is 10.0 Å². The summed E-state index contributed by atoms with van der Waals surface area (Å²) >= 11 is 7.34. The lowest BCUT2D eigenvalue weighted by molar-refractivity contribution is 0.336. The molecule has 0 bridgehead atoms. The van der Waals surface area contributed by atoms with Crippen LogP contribution in [0.3, 0.4) is 0 Å². The third-order valence-electron chi connectivity index (χ3n) is 3.93. The second-order valence-electron chi connectivity index (χ2n) is 5.61. The maximum Gasteiger partial charge on any atom is 0.259 e. The van der Waals surface area contributed by atoms with Crippen LogP contribution in [0.4, 0.5) is 0 Å². The molecule has 0 aromatic carbocycles. The Labute approximate surface area is 127 Å². The number of hydrogen-bond donors (Lipinski definition) is 1. The quantitative estimate of drug-likeness (QED) is 0.935. The molecular formula is C12H16ClN3O2S2. The maximum absolute atomic E-state index is 12.5. The van der Waals surface area contributed by atoms with Crippen molar-refractivity contribution in [2.45, 2.75) is 37.6 Å². The van der Waals surface area contributed by atoms with Crippen molar-refractivity contribution >= 4 is 37.9 Å². The first-order chi connectivity index (χ1) is 9.41. The Bertz CT molecular complexity index is 729. The smallest absolute Gasteiger partial charge is 0.259 e. The van der Waals surface area contributed by atoms with Crippen molar-refractivity contribution in [3.05, 3.63) is 16.7 Å². The van der Waals surface area contributed by atoms with Gasteiger partial charge in [0.05, 0.1) is 0 Å². The molecule has 0 unspecified atom stereocenters. The van der Waals surface area contributed by atoms with Gasteiger partial charge in [-0.1, -0.05) is 31.4 Å². The van der Waals surface area contributed by atoms with Gasteiger partial charge in [0.15, 0.2) is 15.1 Å². The van der Waals surface area contributed by atoms with Crippen LogP contribution in [0.5, 0.6) is 0 Å². The Morgan fingerprint density at radius 3 is 2.90 bits per heavy atom. The van der Waals surface area contributed by atoms with Gasteiger partial charge in [-0.25, -0.2) is 18.1 Å². The zero-order valence-corrected chi connectivity index (χ0v) is 13.5. The third kappa shape index (κ3) is 2.47. The van der Waals surface area contributed by atoms with Crippen molar-refractivity contribution < 1.29 is 8.42 Å². The van der Waals surface area contributed by atoms with Gasteiger partial charge in [0, 0.05) is 18.1 Å². The summed E-state index contributed by atoms with van der Waals surface area (Å²) < 4.78 is 29.2. The summed E-state index contributed by atoms with van der Waals surface area (Å²) in [6, 6.07) is 0. The van der Waals surface area contributed by atoms with Crippen molar-refractivity contribution in [1.82, 2.24) is 14.1 Å². The molecule has 0 atom stereocenters. The van der Waals surface area contributed by atoms with Gasteiger partial charge in [-0.3, -0.25) is 4.40 Å². The largest absolute Gasteiger partial charge is 0.279 e. The molecule has 2 aromatic rings. The van der Waals surface area contributed by atoms with E-state index in [1.165, 1.54) is 28.6 Å². The van der Waals surface area contributed by atoms with E-state index in [0.29, 0.717) is 11.5 Å². The predicted octanol–water partition coefficient (Wildman–Crippen LogP) is 2.91. The first-order valence-corrected chi connectivity index (χ1v) is 9.26. The summed E-state index contributed by atoms with van der Waals surface area (Å²) in [6.45, 7) is 2.57. The number of rotatable bonds is 4. The van der Waals surface area contributed by atoms with Crippen molar-refractivity contribution in [1.29, 1.82) is 0 Å². The highest BCUT2D eigenvalue weighted by Crippen LogP contribution is 2.37. The molecular weight excluding hydrogens is 318 g/mol. The highest BCUT2D eigenvalue weighted by atomic mass is 35.5. The molecule has 1 fully saturated rings. The fourth-order valence-electron chi connectivity index (χ4n) is 2.72.